The van der Waals surface area contributed by atoms with Crippen molar-refractivity contribution in [3.05, 3.63) is 17.3 Å². The Morgan fingerprint density at radius 2 is 2.33 bits per heavy atom. The summed E-state index contributed by atoms with van der Waals surface area (Å²) >= 11 is 0. The Balaban J connectivity index is 2.29. The van der Waals surface area contributed by atoms with E-state index in [9.17, 15) is 4.79 Å². The highest BCUT2D eigenvalue weighted by atomic mass is 16.4. The van der Waals surface area contributed by atoms with Gasteiger partial charge in [0.05, 0.1) is 5.69 Å². The minimum Gasteiger partial charge on any atom is -0.439 e. The fraction of sp³-hybridized carbons (Fsp3) is 0.556. The van der Waals surface area contributed by atoms with Crippen LogP contribution in [0, 0.1) is 6.92 Å². The number of oxazole rings is 1. The molecule has 1 aliphatic carbocycles. The van der Waals surface area contributed by atoms with Gasteiger partial charge in [-0.25, -0.2) is 4.98 Å². The molecule has 0 aliphatic heterocycles. The van der Waals surface area contributed by atoms with Crippen molar-refractivity contribution in [2.45, 2.75) is 32.1 Å². The van der Waals surface area contributed by atoms with Crippen molar-refractivity contribution >= 4 is 6.29 Å². The van der Waals surface area contributed by atoms with Gasteiger partial charge in [-0.15, -0.1) is 0 Å². The lowest BCUT2D eigenvalue weighted by Crippen LogP contribution is -2.08. The molecule has 1 aliphatic rings. The quantitative estimate of drug-likeness (QED) is 0.630. The molecule has 3 nitrogen and oxygen atoms in total. The second kappa shape index (κ2) is 2.73. The highest BCUT2D eigenvalue weighted by molar-refractivity contribution is 5.67. The van der Waals surface area contributed by atoms with Gasteiger partial charge in [-0.3, -0.25) is 4.79 Å². The van der Waals surface area contributed by atoms with Crippen LogP contribution in [0.3, 0.4) is 0 Å². The predicted octanol–water partition coefficient (Wildman–Crippen LogP) is 2.06. The van der Waals surface area contributed by atoms with Crippen molar-refractivity contribution in [1.82, 2.24) is 4.98 Å². The average molecular weight is 165 g/mol. The maximum absolute atomic E-state index is 10.3. The number of aryl methyl sites for hydroxylation is 1. The standard InChI is InChI=1S/C9H11NO2/c1-6-9(7-3-2-4-7)12-8(5-11)10-6/h5,7H,2-4H2,1H3. The van der Waals surface area contributed by atoms with Gasteiger partial charge in [0, 0.05) is 5.92 Å². The number of carbonyl (C=O) groups excluding carboxylic acids is 1. The Labute approximate surface area is 70.8 Å². The van der Waals surface area contributed by atoms with Crippen LogP contribution in [0.1, 0.15) is 47.3 Å². The molecule has 12 heavy (non-hydrogen) atoms. The van der Waals surface area contributed by atoms with Gasteiger partial charge >= 0.3 is 0 Å². The summed E-state index contributed by atoms with van der Waals surface area (Å²) in [5.41, 5.74) is 0.877. The monoisotopic (exact) mass is 165 g/mol. The van der Waals surface area contributed by atoms with Crippen molar-refractivity contribution in [2.24, 2.45) is 0 Å². The summed E-state index contributed by atoms with van der Waals surface area (Å²) in [4.78, 5) is 14.3. The molecule has 0 N–H and O–H groups in total. The van der Waals surface area contributed by atoms with Crippen molar-refractivity contribution in [3.63, 3.8) is 0 Å². The first kappa shape index (κ1) is 7.53. The first-order chi connectivity index (χ1) is 5.81. The molecular weight excluding hydrogens is 154 g/mol. The van der Waals surface area contributed by atoms with Crippen LogP contribution in [0.15, 0.2) is 4.42 Å². The second-order valence-corrected chi connectivity index (χ2v) is 3.25. The van der Waals surface area contributed by atoms with E-state index in [1.807, 2.05) is 6.92 Å². The summed E-state index contributed by atoms with van der Waals surface area (Å²) in [6, 6.07) is 0. The van der Waals surface area contributed by atoms with Gasteiger partial charge in [-0.1, -0.05) is 6.42 Å². The van der Waals surface area contributed by atoms with Crippen molar-refractivity contribution in [1.29, 1.82) is 0 Å². The molecule has 2 rings (SSSR count). The molecule has 1 aromatic heterocycles. The van der Waals surface area contributed by atoms with E-state index in [0.29, 0.717) is 12.2 Å². The number of hydrogen-bond donors (Lipinski definition) is 0. The first-order valence-electron chi connectivity index (χ1n) is 4.24. The summed E-state index contributed by atoms with van der Waals surface area (Å²) in [6.45, 7) is 1.89. The van der Waals surface area contributed by atoms with Crippen molar-refractivity contribution in [3.8, 4) is 0 Å². The summed E-state index contributed by atoms with van der Waals surface area (Å²) in [5.74, 6) is 1.66. The van der Waals surface area contributed by atoms with Gasteiger partial charge in [0.15, 0.2) is 0 Å². The predicted molar refractivity (Wildman–Crippen MR) is 43.2 cm³/mol. The summed E-state index contributed by atoms with van der Waals surface area (Å²) in [7, 11) is 0. The number of aromatic nitrogens is 1. The Kier molecular flexibility index (Phi) is 1.71. The molecule has 0 atom stereocenters. The highest BCUT2D eigenvalue weighted by Crippen LogP contribution is 2.37. The molecule has 1 fully saturated rings. The van der Waals surface area contributed by atoms with E-state index >= 15 is 0 Å². The van der Waals surface area contributed by atoms with E-state index in [1.54, 1.807) is 0 Å². The second-order valence-electron chi connectivity index (χ2n) is 3.25. The van der Waals surface area contributed by atoms with Crippen molar-refractivity contribution in [2.75, 3.05) is 0 Å². The van der Waals surface area contributed by atoms with Gasteiger partial charge in [0.25, 0.3) is 5.89 Å². The van der Waals surface area contributed by atoms with Gasteiger partial charge in [-0.2, -0.15) is 0 Å². The largest absolute Gasteiger partial charge is 0.439 e. The van der Waals surface area contributed by atoms with Crippen LogP contribution in [0.2, 0.25) is 0 Å². The molecule has 0 bridgehead atoms. The Bertz CT molecular complexity index is 299. The molecule has 0 radical (unpaired) electrons. The normalized spacial score (nSPS) is 17.4. The lowest BCUT2D eigenvalue weighted by atomic mass is 9.83. The first-order valence-corrected chi connectivity index (χ1v) is 4.24. The number of hydrogen-bond acceptors (Lipinski definition) is 3. The van der Waals surface area contributed by atoms with E-state index in [1.165, 1.54) is 19.3 Å². The number of nitrogens with zero attached hydrogens (tertiary/aromatic N) is 1. The fourth-order valence-electron chi connectivity index (χ4n) is 1.53. The Morgan fingerprint density at radius 1 is 1.58 bits per heavy atom. The number of carbonyl (C=O) groups is 1. The molecule has 0 saturated heterocycles. The van der Waals surface area contributed by atoms with E-state index in [4.69, 9.17) is 4.42 Å². The van der Waals surface area contributed by atoms with E-state index in [0.717, 1.165) is 11.5 Å². The van der Waals surface area contributed by atoms with Gasteiger partial charge in [-0.05, 0) is 19.8 Å². The maximum Gasteiger partial charge on any atom is 0.260 e. The molecule has 0 spiro atoms. The zero-order chi connectivity index (χ0) is 8.55. The summed E-state index contributed by atoms with van der Waals surface area (Å²) in [6.07, 6.45) is 4.28. The molecule has 1 saturated carbocycles. The van der Waals surface area contributed by atoms with Crippen LogP contribution < -0.4 is 0 Å². The van der Waals surface area contributed by atoms with E-state index in [2.05, 4.69) is 4.98 Å². The van der Waals surface area contributed by atoms with Crippen LogP contribution in [-0.4, -0.2) is 11.3 Å². The average Bonchev–Trinajstić information content (AvgIpc) is 2.29. The van der Waals surface area contributed by atoms with Gasteiger partial charge in [0.2, 0.25) is 6.29 Å². The molecule has 64 valence electrons. The summed E-state index contributed by atoms with van der Waals surface area (Å²) < 4.78 is 5.29. The lowest BCUT2D eigenvalue weighted by molar-refractivity contribution is 0.109. The van der Waals surface area contributed by atoms with E-state index in [-0.39, 0.29) is 5.89 Å². The lowest BCUT2D eigenvalue weighted by Gasteiger charge is -2.22. The topological polar surface area (TPSA) is 43.1 Å². The minimum atomic E-state index is 0.217. The highest BCUT2D eigenvalue weighted by Gasteiger charge is 2.25. The Hall–Kier alpha value is -1.12. The minimum absolute atomic E-state index is 0.217. The molecule has 3 heteroatoms. The van der Waals surface area contributed by atoms with Gasteiger partial charge < -0.3 is 4.42 Å². The third kappa shape index (κ3) is 1.05. The van der Waals surface area contributed by atoms with E-state index < -0.39 is 0 Å². The van der Waals surface area contributed by atoms with Crippen LogP contribution in [0.25, 0.3) is 0 Å². The zero-order valence-electron chi connectivity index (χ0n) is 7.04. The molecule has 1 aromatic rings. The molecule has 1 heterocycles. The van der Waals surface area contributed by atoms with Gasteiger partial charge in [0.1, 0.15) is 5.76 Å². The molecule has 0 unspecified atom stereocenters. The Morgan fingerprint density at radius 3 is 2.75 bits per heavy atom. The van der Waals surface area contributed by atoms with Crippen molar-refractivity contribution < 1.29 is 9.21 Å². The third-order valence-corrected chi connectivity index (χ3v) is 2.43. The third-order valence-electron chi connectivity index (χ3n) is 2.43. The zero-order valence-corrected chi connectivity index (χ0v) is 7.04. The van der Waals surface area contributed by atoms with Crippen LogP contribution in [0.4, 0.5) is 0 Å². The van der Waals surface area contributed by atoms with Crippen LogP contribution >= 0.6 is 0 Å². The smallest absolute Gasteiger partial charge is 0.260 e. The molecular formula is C9H11NO2. The molecule has 0 aromatic carbocycles. The van der Waals surface area contributed by atoms with Crippen LogP contribution in [-0.2, 0) is 0 Å². The number of rotatable bonds is 2. The van der Waals surface area contributed by atoms with Crippen LogP contribution in [0.5, 0.6) is 0 Å². The fourth-order valence-corrected chi connectivity index (χ4v) is 1.53. The summed E-state index contributed by atoms with van der Waals surface area (Å²) in [5, 5.41) is 0. The SMILES string of the molecule is Cc1nc(C=O)oc1C1CCC1. The number of aldehydes is 1. The molecule has 0 amide bonds. The maximum atomic E-state index is 10.3.